The fraction of sp³-hybridized carbons (Fsp3) is 0.118. The average Bonchev–Trinajstić information content (AvgIpc) is 3.09. The second kappa shape index (κ2) is 5.11. The molecule has 1 aliphatic heterocycles. The van der Waals surface area contributed by atoms with E-state index in [2.05, 4.69) is 26.0 Å². The van der Waals surface area contributed by atoms with Crippen LogP contribution in [0.15, 0.2) is 48.0 Å². The number of ether oxygens (including phenoxy) is 1. The number of hydrogen-bond donors (Lipinski definition) is 1. The molecule has 0 aromatic carbocycles. The number of pyridine rings is 2. The molecular weight excluding hydrogens is 276 g/mol. The largest absolute Gasteiger partial charge is 0.492 e. The van der Waals surface area contributed by atoms with Gasteiger partial charge in [-0.05, 0) is 30.7 Å². The van der Waals surface area contributed by atoms with Gasteiger partial charge in [-0.15, -0.1) is 0 Å². The SMILES string of the molecule is CCOc1cnc2c(c1)=c1c(c[nH]/c1=C/c1cccnc1)N=2. The van der Waals surface area contributed by atoms with Crippen molar-refractivity contribution in [1.29, 1.82) is 0 Å². The van der Waals surface area contributed by atoms with Crippen molar-refractivity contribution in [2.45, 2.75) is 6.92 Å². The van der Waals surface area contributed by atoms with Crippen molar-refractivity contribution in [3.63, 3.8) is 0 Å². The van der Waals surface area contributed by atoms with Gasteiger partial charge >= 0.3 is 0 Å². The molecule has 0 fully saturated rings. The third kappa shape index (κ3) is 2.07. The minimum Gasteiger partial charge on any atom is -0.492 e. The van der Waals surface area contributed by atoms with E-state index < -0.39 is 0 Å². The summed E-state index contributed by atoms with van der Waals surface area (Å²) in [7, 11) is 0. The van der Waals surface area contributed by atoms with Crippen molar-refractivity contribution in [3.05, 3.63) is 69.8 Å². The molecule has 3 aromatic heterocycles. The molecule has 0 atom stereocenters. The summed E-state index contributed by atoms with van der Waals surface area (Å²) in [6.07, 6.45) is 9.27. The van der Waals surface area contributed by atoms with E-state index in [1.807, 2.05) is 37.5 Å². The second-order valence-corrected chi connectivity index (χ2v) is 4.98. The summed E-state index contributed by atoms with van der Waals surface area (Å²) in [4.78, 5) is 16.3. The summed E-state index contributed by atoms with van der Waals surface area (Å²) in [6, 6.07) is 5.93. The maximum Gasteiger partial charge on any atom is 0.160 e. The van der Waals surface area contributed by atoms with E-state index in [0.717, 1.165) is 38.3 Å². The zero-order valence-corrected chi connectivity index (χ0v) is 12.1. The van der Waals surface area contributed by atoms with Gasteiger partial charge in [-0.1, -0.05) is 6.07 Å². The molecule has 1 aliphatic rings. The van der Waals surface area contributed by atoms with E-state index >= 15 is 0 Å². The Hall–Kier alpha value is -2.95. The van der Waals surface area contributed by atoms with E-state index in [9.17, 15) is 0 Å². The van der Waals surface area contributed by atoms with Gasteiger partial charge in [-0.3, -0.25) is 4.98 Å². The molecule has 5 heteroatoms. The summed E-state index contributed by atoms with van der Waals surface area (Å²) in [5, 5.41) is 3.06. The van der Waals surface area contributed by atoms with Crippen LogP contribution in [0.5, 0.6) is 5.75 Å². The first-order valence-corrected chi connectivity index (χ1v) is 7.16. The predicted octanol–water partition coefficient (Wildman–Crippen LogP) is 1.58. The van der Waals surface area contributed by atoms with Crippen LogP contribution in [-0.2, 0) is 0 Å². The quantitative estimate of drug-likeness (QED) is 0.623. The molecule has 5 nitrogen and oxygen atoms in total. The monoisotopic (exact) mass is 290 g/mol. The molecule has 4 heterocycles. The molecule has 108 valence electrons. The molecule has 4 rings (SSSR count). The van der Waals surface area contributed by atoms with Crippen LogP contribution in [0.25, 0.3) is 6.08 Å². The van der Waals surface area contributed by atoms with Crippen molar-refractivity contribution in [3.8, 4) is 5.75 Å². The van der Waals surface area contributed by atoms with Crippen molar-refractivity contribution in [2.24, 2.45) is 4.99 Å². The third-order valence-electron chi connectivity index (χ3n) is 3.53. The molecule has 0 spiro atoms. The van der Waals surface area contributed by atoms with Crippen LogP contribution in [0.4, 0.5) is 5.69 Å². The smallest absolute Gasteiger partial charge is 0.160 e. The number of hydrogen-bond acceptors (Lipinski definition) is 4. The van der Waals surface area contributed by atoms with E-state index in [0.29, 0.717) is 6.61 Å². The molecular formula is C17H14N4O. The fourth-order valence-electron chi connectivity index (χ4n) is 2.61. The first-order chi connectivity index (χ1) is 10.8. The number of H-pyrrole nitrogens is 1. The highest BCUT2D eigenvalue weighted by atomic mass is 16.5. The van der Waals surface area contributed by atoms with Gasteiger partial charge in [0, 0.05) is 34.4 Å². The molecule has 0 amide bonds. The number of aromatic nitrogens is 3. The molecule has 0 aliphatic carbocycles. The lowest BCUT2D eigenvalue weighted by molar-refractivity contribution is 0.338. The average molecular weight is 290 g/mol. The van der Waals surface area contributed by atoms with Crippen LogP contribution in [0.3, 0.4) is 0 Å². The Bertz CT molecular complexity index is 1040. The summed E-state index contributed by atoms with van der Waals surface area (Å²) < 4.78 is 5.55. The van der Waals surface area contributed by atoms with Gasteiger partial charge in [0.25, 0.3) is 0 Å². The van der Waals surface area contributed by atoms with Crippen molar-refractivity contribution >= 4 is 11.8 Å². The van der Waals surface area contributed by atoms with Crippen LogP contribution >= 0.6 is 0 Å². The van der Waals surface area contributed by atoms with E-state index in [1.54, 1.807) is 12.4 Å². The maximum atomic E-state index is 5.55. The van der Waals surface area contributed by atoms with E-state index in [4.69, 9.17) is 4.74 Å². The minimum absolute atomic E-state index is 0.617. The highest BCUT2D eigenvalue weighted by Crippen LogP contribution is 2.16. The Morgan fingerprint density at radius 2 is 2.27 bits per heavy atom. The maximum absolute atomic E-state index is 5.55. The van der Waals surface area contributed by atoms with Crippen LogP contribution in [-0.4, -0.2) is 21.6 Å². The number of nitrogens with one attached hydrogen (secondary N) is 1. The summed E-state index contributed by atoms with van der Waals surface area (Å²) in [5.41, 5.74) is 2.68. The first kappa shape index (κ1) is 12.8. The Kier molecular flexibility index (Phi) is 2.96. The van der Waals surface area contributed by atoms with Crippen LogP contribution in [0.2, 0.25) is 0 Å². The predicted molar refractivity (Wildman–Crippen MR) is 82.1 cm³/mol. The van der Waals surface area contributed by atoms with E-state index in [-0.39, 0.29) is 0 Å². The Labute approximate surface area is 126 Å². The molecule has 1 N–H and O–H groups in total. The lowest BCUT2D eigenvalue weighted by Crippen LogP contribution is -2.10. The molecule has 3 aromatic rings. The van der Waals surface area contributed by atoms with Crippen LogP contribution in [0, 0.1) is 10.4 Å². The van der Waals surface area contributed by atoms with E-state index in [1.165, 1.54) is 0 Å². The van der Waals surface area contributed by atoms with Gasteiger partial charge in [0.1, 0.15) is 5.75 Å². The van der Waals surface area contributed by atoms with Gasteiger partial charge in [0.2, 0.25) is 0 Å². The third-order valence-corrected chi connectivity index (χ3v) is 3.53. The van der Waals surface area contributed by atoms with Crippen LogP contribution < -0.4 is 15.6 Å². The molecule has 0 unspecified atom stereocenters. The first-order valence-electron chi connectivity index (χ1n) is 7.16. The van der Waals surface area contributed by atoms with Gasteiger partial charge in [0.15, 0.2) is 5.49 Å². The second-order valence-electron chi connectivity index (χ2n) is 4.98. The Morgan fingerprint density at radius 1 is 1.32 bits per heavy atom. The zero-order chi connectivity index (χ0) is 14.9. The van der Waals surface area contributed by atoms with Crippen molar-refractivity contribution in [2.75, 3.05) is 6.61 Å². The number of fused-ring (bicyclic) bond motifs is 2. The Balaban J connectivity index is 2.02. The number of aromatic amines is 1. The van der Waals surface area contributed by atoms with Crippen molar-refractivity contribution in [1.82, 2.24) is 15.0 Å². The topological polar surface area (TPSA) is 63.2 Å². The lowest BCUT2D eigenvalue weighted by Gasteiger charge is -1.99. The normalized spacial score (nSPS) is 12.7. The van der Waals surface area contributed by atoms with Gasteiger partial charge in [-0.2, -0.15) is 0 Å². The fourth-order valence-corrected chi connectivity index (χ4v) is 2.61. The molecule has 0 saturated heterocycles. The highest BCUT2D eigenvalue weighted by Gasteiger charge is 2.09. The molecule has 0 radical (unpaired) electrons. The number of rotatable bonds is 3. The lowest BCUT2D eigenvalue weighted by atomic mass is 10.2. The molecule has 0 saturated carbocycles. The molecule has 22 heavy (non-hydrogen) atoms. The highest BCUT2D eigenvalue weighted by molar-refractivity contribution is 5.52. The number of nitrogens with zero attached hydrogens (tertiary/aromatic N) is 3. The summed E-state index contributed by atoms with van der Waals surface area (Å²) in [6.45, 7) is 2.58. The van der Waals surface area contributed by atoms with Gasteiger partial charge in [-0.25, -0.2) is 9.98 Å². The standard InChI is InChI=1S/C17H14N4O/c1-2-22-12-7-13-16-14(6-11-4-3-5-18-8-11)19-10-15(16)21-17(13)20-9-12/h3-10,19H,2H2,1H3/b14-6+. The molecule has 0 bridgehead atoms. The minimum atomic E-state index is 0.617. The van der Waals surface area contributed by atoms with Gasteiger partial charge < -0.3 is 9.72 Å². The van der Waals surface area contributed by atoms with Gasteiger partial charge in [0.05, 0.1) is 18.5 Å². The van der Waals surface area contributed by atoms with Crippen molar-refractivity contribution < 1.29 is 4.74 Å². The Morgan fingerprint density at radius 3 is 3.09 bits per heavy atom. The summed E-state index contributed by atoms with van der Waals surface area (Å²) in [5.74, 6) is 0.762. The van der Waals surface area contributed by atoms with Crippen LogP contribution in [0.1, 0.15) is 12.5 Å². The zero-order valence-electron chi connectivity index (χ0n) is 12.1. The summed E-state index contributed by atoms with van der Waals surface area (Å²) >= 11 is 0.